The second-order valence-corrected chi connectivity index (χ2v) is 4.99. The summed E-state index contributed by atoms with van der Waals surface area (Å²) in [6, 6.07) is 5.81. The number of halogens is 1. The van der Waals surface area contributed by atoms with E-state index in [0.717, 1.165) is 6.42 Å². The first kappa shape index (κ1) is 16.4. The number of rotatable bonds is 8. The molecule has 0 aliphatic rings. The molecule has 0 aliphatic carbocycles. The molecule has 1 unspecified atom stereocenters. The van der Waals surface area contributed by atoms with Gasteiger partial charge in [0.15, 0.2) is 0 Å². The lowest BCUT2D eigenvalue weighted by atomic mass is 9.95. The van der Waals surface area contributed by atoms with Gasteiger partial charge in [-0.3, -0.25) is 4.79 Å². The predicted molar refractivity (Wildman–Crippen MR) is 75.1 cm³/mol. The van der Waals surface area contributed by atoms with Gasteiger partial charge in [0.25, 0.3) is 0 Å². The van der Waals surface area contributed by atoms with Crippen LogP contribution >= 0.6 is 0 Å². The highest BCUT2D eigenvalue weighted by atomic mass is 19.1. The lowest BCUT2D eigenvalue weighted by Gasteiger charge is -2.29. The third kappa shape index (κ3) is 5.57. The number of nitrogens with one attached hydrogen (secondary N) is 1. The van der Waals surface area contributed by atoms with Crippen molar-refractivity contribution in [2.75, 3.05) is 13.2 Å². The molecule has 0 saturated heterocycles. The Bertz CT molecular complexity index is 439. The fourth-order valence-electron chi connectivity index (χ4n) is 1.79. The van der Waals surface area contributed by atoms with Gasteiger partial charge in [-0.2, -0.15) is 0 Å². The summed E-state index contributed by atoms with van der Waals surface area (Å²) in [7, 11) is 0. The van der Waals surface area contributed by atoms with E-state index < -0.39 is 5.54 Å². The number of amides is 1. The molecule has 0 aromatic heterocycles. The van der Waals surface area contributed by atoms with Gasteiger partial charge in [0.05, 0.1) is 13.0 Å². The van der Waals surface area contributed by atoms with Crippen LogP contribution in [0.15, 0.2) is 24.3 Å². The lowest BCUT2D eigenvalue weighted by Crippen LogP contribution is -2.46. The molecule has 0 radical (unpaired) electrons. The zero-order valence-corrected chi connectivity index (χ0v) is 12.0. The molecule has 1 rings (SSSR count). The van der Waals surface area contributed by atoms with Crippen LogP contribution in [0, 0.1) is 5.82 Å². The maximum atomic E-state index is 12.9. The highest BCUT2D eigenvalue weighted by Crippen LogP contribution is 2.14. The lowest BCUT2D eigenvalue weighted by molar-refractivity contribution is -0.123. The van der Waals surface area contributed by atoms with Crippen LogP contribution in [0.5, 0.6) is 5.75 Å². The molecule has 0 heterocycles. The van der Waals surface area contributed by atoms with Gasteiger partial charge in [-0.1, -0.05) is 13.0 Å². The maximum absolute atomic E-state index is 12.9. The molecule has 2 N–H and O–H groups in total. The number of aliphatic hydroxyl groups excluding tert-OH is 1. The summed E-state index contributed by atoms with van der Waals surface area (Å²) in [6.07, 6.45) is 1.45. The quantitative estimate of drug-likeness (QED) is 0.769. The fraction of sp³-hybridized carbons (Fsp3) is 0.533. The normalized spacial score (nSPS) is 13.6. The van der Waals surface area contributed by atoms with Crippen LogP contribution in [0.2, 0.25) is 0 Å². The Morgan fingerprint density at radius 2 is 2.25 bits per heavy atom. The molecule has 5 heteroatoms. The molecule has 1 amide bonds. The SMILES string of the molecule is CCC(C)(CCO)NC(=O)CCOc1cccc(F)c1. The molecule has 112 valence electrons. The van der Waals surface area contributed by atoms with Crippen molar-refractivity contribution in [1.29, 1.82) is 0 Å². The van der Waals surface area contributed by atoms with Crippen LogP contribution in [-0.2, 0) is 4.79 Å². The Kier molecular flexibility index (Phi) is 6.45. The van der Waals surface area contributed by atoms with E-state index in [1.165, 1.54) is 12.1 Å². The van der Waals surface area contributed by atoms with Gasteiger partial charge in [0.2, 0.25) is 5.91 Å². The summed E-state index contributed by atoms with van der Waals surface area (Å²) in [4.78, 5) is 11.8. The van der Waals surface area contributed by atoms with Crippen molar-refractivity contribution < 1.29 is 19.0 Å². The molecule has 1 atom stereocenters. The van der Waals surface area contributed by atoms with Crippen molar-refractivity contribution in [2.45, 2.75) is 38.6 Å². The molecule has 1 aromatic rings. The third-order valence-electron chi connectivity index (χ3n) is 3.28. The molecule has 4 nitrogen and oxygen atoms in total. The third-order valence-corrected chi connectivity index (χ3v) is 3.28. The van der Waals surface area contributed by atoms with Crippen LogP contribution in [-0.4, -0.2) is 29.8 Å². The van der Waals surface area contributed by atoms with Gasteiger partial charge in [-0.05, 0) is 31.9 Å². The second kappa shape index (κ2) is 7.85. The Balaban J connectivity index is 2.36. The summed E-state index contributed by atoms with van der Waals surface area (Å²) < 4.78 is 18.2. The van der Waals surface area contributed by atoms with Crippen molar-refractivity contribution in [3.63, 3.8) is 0 Å². The second-order valence-electron chi connectivity index (χ2n) is 4.99. The predicted octanol–water partition coefficient (Wildman–Crippen LogP) is 2.26. The van der Waals surface area contributed by atoms with E-state index in [9.17, 15) is 9.18 Å². The number of carbonyl (C=O) groups is 1. The van der Waals surface area contributed by atoms with Crippen LogP contribution in [0.3, 0.4) is 0 Å². The monoisotopic (exact) mass is 283 g/mol. The molecule has 0 bridgehead atoms. The van der Waals surface area contributed by atoms with Crippen LogP contribution < -0.4 is 10.1 Å². The van der Waals surface area contributed by atoms with Gasteiger partial charge in [0, 0.05) is 18.2 Å². The van der Waals surface area contributed by atoms with Crippen LogP contribution in [0.25, 0.3) is 0 Å². The minimum Gasteiger partial charge on any atom is -0.493 e. The first-order valence-corrected chi connectivity index (χ1v) is 6.79. The van der Waals surface area contributed by atoms with Crippen molar-refractivity contribution in [2.24, 2.45) is 0 Å². The van der Waals surface area contributed by atoms with E-state index >= 15 is 0 Å². The number of aliphatic hydroxyl groups is 1. The minimum absolute atomic E-state index is 0.0322. The summed E-state index contributed by atoms with van der Waals surface area (Å²) in [5, 5.41) is 11.9. The largest absolute Gasteiger partial charge is 0.493 e. The molecule has 0 saturated carbocycles. The van der Waals surface area contributed by atoms with E-state index in [4.69, 9.17) is 9.84 Å². The maximum Gasteiger partial charge on any atom is 0.223 e. The van der Waals surface area contributed by atoms with E-state index in [0.29, 0.717) is 12.2 Å². The van der Waals surface area contributed by atoms with Crippen LogP contribution in [0.4, 0.5) is 4.39 Å². The smallest absolute Gasteiger partial charge is 0.223 e. The molecule has 0 fully saturated rings. The summed E-state index contributed by atoms with van der Waals surface area (Å²) in [5.74, 6) is -0.0981. The fourth-order valence-corrected chi connectivity index (χ4v) is 1.79. The minimum atomic E-state index is -0.398. The summed E-state index contributed by atoms with van der Waals surface area (Å²) >= 11 is 0. The van der Waals surface area contributed by atoms with Gasteiger partial charge in [-0.15, -0.1) is 0 Å². The Morgan fingerprint density at radius 1 is 1.50 bits per heavy atom. The number of hydrogen-bond acceptors (Lipinski definition) is 3. The van der Waals surface area contributed by atoms with Crippen molar-refractivity contribution in [3.8, 4) is 5.75 Å². The van der Waals surface area contributed by atoms with Gasteiger partial charge in [-0.25, -0.2) is 4.39 Å². The topological polar surface area (TPSA) is 58.6 Å². The van der Waals surface area contributed by atoms with Crippen molar-refractivity contribution in [3.05, 3.63) is 30.1 Å². The van der Waals surface area contributed by atoms with E-state index in [-0.39, 0.29) is 31.4 Å². The summed E-state index contributed by atoms with van der Waals surface area (Å²) in [5.41, 5.74) is -0.398. The highest BCUT2D eigenvalue weighted by molar-refractivity contribution is 5.76. The van der Waals surface area contributed by atoms with Crippen molar-refractivity contribution in [1.82, 2.24) is 5.32 Å². The molecule has 0 spiro atoms. The number of hydrogen-bond donors (Lipinski definition) is 2. The first-order chi connectivity index (χ1) is 9.49. The summed E-state index contributed by atoms with van der Waals surface area (Å²) in [6.45, 7) is 4.08. The van der Waals surface area contributed by atoms with E-state index in [2.05, 4.69) is 5.32 Å². The van der Waals surface area contributed by atoms with E-state index in [1.807, 2.05) is 13.8 Å². The van der Waals surface area contributed by atoms with Gasteiger partial charge >= 0.3 is 0 Å². The van der Waals surface area contributed by atoms with Crippen LogP contribution in [0.1, 0.15) is 33.1 Å². The average molecular weight is 283 g/mol. The average Bonchev–Trinajstić information content (AvgIpc) is 2.39. The molecular weight excluding hydrogens is 261 g/mol. The number of ether oxygens (including phenoxy) is 1. The van der Waals surface area contributed by atoms with Crippen molar-refractivity contribution >= 4 is 5.91 Å². The highest BCUT2D eigenvalue weighted by Gasteiger charge is 2.23. The molecule has 1 aromatic carbocycles. The standard InChI is InChI=1S/C15H22FNO3/c1-3-15(2,8-9-18)17-14(19)7-10-20-13-6-4-5-12(16)11-13/h4-6,11,18H,3,7-10H2,1-2H3,(H,17,19). The zero-order valence-electron chi connectivity index (χ0n) is 12.0. The Hall–Kier alpha value is -1.62. The molecule has 20 heavy (non-hydrogen) atoms. The first-order valence-electron chi connectivity index (χ1n) is 6.79. The number of carbonyl (C=O) groups excluding carboxylic acids is 1. The van der Waals surface area contributed by atoms with Gasteiger partial charge < -0.3 is 15.2 Å². The molecular formula is C15H22FNO3. The molecule has 0 aliphatic heterocycles. The Morgan fingerprint density at radius 3 is 2.85 bits per heavy atom. The van der Waals surface area contributed by atoms with E-state index in [1.54, 1.807) is 12.1 Å². The zero-order chi connectivity index (χ0) is 15.0. The Labute approximate surface area is 119 Å². The number of benzene rings is 1. The van der Waals surface area contributed by atoms with Gasteiger partial charge in [0.1, 0.15) is 11.6 Å².